The Morgan fingerprint density at radius 3 is 2.20 bits per heavy atom. The van der Waals surface area contributed by atoms with Gasteiger partial charge in [-0.05, 0) is 43.2 Å². The minimum atomic E-state index is -3.95. The second-order valence-corrected chi connectivity index (χ2v) is 7.15. The Hall–Kier alpha value is -2.94. The molecule has 25 heavy (non-hydrogen) atoms. The first-order valence-corrected chi connectivity index (χ1v) is 8.74. The highest BCUT2D eigenvalue weighted by molar-refractivity contribution is 7.92. The zero-order valence-electron chi connectivity index (χ0n) is 13.9. The maximum Gasteiger partial charge on any atom is 0.271 e. The van der Waals surface area contributed by atoms with Gasteiger partial charge in [-0.2, -0.15) is 0 Å². The lowest BCUT2D eigenvalue weighted by Gasteiger charge is -2.15. The Bertz CT molecular complexity index is 931. The van der Waals surface area contributed by atoms with E-state index in [1.165, 1.54) is 25.1 Å². The normalized spacial score (nSPS) is 11.0. The number of nitro benzene ring substituents is 1. The van der Waals surface area contributed by atoms with E-state index in [1.807, 2.05) is 0 Å². The number of sulfonamides is 1. The molecule has 8 nitrogen and oxygen atoms in total. The van der Waals surface area contributed by atoms with E-state index in [0.717, 1.165) is 6.07 Å². The highest BCUT2D eigenvalue weighted by Gasteiger charge is 2.21. The molecule has 2 aromatic carbocycles. The number of hydrogen-bond donors (Lipinski definition) is 2. The molecule has 0 aliphatic carbocycles. The van der Waals surface area contributed by atoms with Crippen LogP contribution >= 0.6 is 0 Å². The van der Waals surface area contributed by atoms with Crippen LogP contribution in [0.25, 0.3) is 0 Å². The predicted octanol–water partition coefficient (Wildman–Crippen LogP) is 2.97. The highest BCUT2D eigenvalue weighted by atomic mass is 32.2. The summed E-state index contributed by atoms with van der Waals surface area (Å²) in [5.41, 5.74) is 1.27. The topological polar surface area (TPSA) is 118 Å². The van der Waals surface area contributed by atoms with Crippen molar-refractivity contribution in [1.82, 2.24) is 0 Å². The Kier molecular flexibility index (Phi) is 5.07. The van der Waals surface area contributed by atoms with Crippen molar-refractivity contribution in [3.63, 3.8) is 0 Å². The molecule has 0 spiro atoms. The van der Waals surface area contributed by atoms with Crippen LogP contribution < -0.4 is 10.0 Å². The lowest BCUT2D eigenvalue weighted by Crippen LogP contribution is -2.16. The molecule has 0 saturated carbocycles. The van der Waals surface area contributed by atoms with Crippen LogP contribution in [0.3, 0.4) is 0 Å². The maximum atomic E-state index is 12.7. The van der Waals surface area contributed by atoms with E-state index in [0.29, 0.717) is 16.8 Å². The zero-order chi connectivity index (χ0) is 18.8. The van der Waals surface area contributed by atoms with Crippen LogP contribution in [0.1, 0.15) is 18.1 Å². The number of hydrogen-bond acceptors (Lipinski definition) is 5. The van der Waals surface area contributed by atoms with Gasteiger partial charge in [-0.15, -0.1) is 0 Å². The molecular formula is C16H17N3O5S. The molecule has 0 aliphatic heterocycles. The number of benzene rings is 2. The summed E-state index contributed by atoms with van der Waals surface area (Å²) >= 11 is 0. The molecule has 0 heterocycles. The number of nitrogens with one attached hydrogen (secondary N) is 2. The van der Waals surface area contributed by atoms with E-state index in [-0.39, 0.29) is 22.2 Å². The Morgan fingerprint density at radius 1 is 1.08 bits per heavy atom. The van der Waals surface area contributed by atoms with Crippen molar-refractivity contribution < 1.29 is 18.1 Å². The number of carbonyl (C=O) groups is 1. The van der Waals surface area contributed by atoms with Gasteiger partial charge in [-0.25, -0.2) is 8.42 Å². The zero-order valence-corrected chi connectivity index (χ0v) is 14.7. The third kappa shape index (κ3) is 4.32. The summed E-state index contributed by atoms with van der Waals surface area (Å²) in [6, 6.07) is 8.35. The van der Waals surface area contributed by atoms with Crippen molar-refractivity contribution in [2.45, 2.75) is 25.7 Å². The lowest BCUT2D eigenvalue weighted by atomic mass is 10.1. The van der Waals surface area contributed by atoms with Crippen LogP contribution in [0.5, 0.6) is 0 Å². The van der Waals surface area contributed by atoms with Gasteiger partial charge in [0.05, 0.1) is 15.5 Å². The predicted molar refractivity (Wildman–Crippen MR) is 94.1 cm³/mol. The largest absolute Gasteiger partial charge is 0.326 e. The van der Waals surface area contributed by atoms with Crippen LogP contribution in [0.4, 0.5) is 17.1 Å². The van der Waals surface area contributed by atoms with Crippen LogP contribution in [0, 0.1) is 24.0 Å². The molecule has 0 radical (unpaired) electrons. The molecule has 0 aromatic heterocycles. The summed E-state index contributed by atoms with van der Waals surface area (Å²) in [6.07, 6.45) is 0. The van der Waals surface area contributed by atoms with Crippen molar-refractivity contribution >= 4 is 33.0 Å². The molecule has 2 rings (SSSR count). The summed E-state index contributed by atoms with van der Waals surface area (Å²) in [6.45, 7) is 4.58. The Labute approximate surface area is 145 Å². The molecule has 0 saturated heterocycles. The first kappa shape index (κ1) is 18.4. The van der Waals surface area contributed by atoms with Crippen molar-refractivity contribution in [2.75, 3.05) is 10.0 Å². The molecular weight excluding hydrogens is 346 g/mol. The molecule has 0 atom stereocenters. The van der Waals surface area contributed by atoms with Crippen molar-refractivity contribution in [3.05, 3.63) is 57.6 Å². The highest BCUT2D eigenvalue weighted by Crippen LogP contribution is 2.27. The van der Waals surface area contributed by atoms with Gasteiger partial charge in [0.2, 0.25) is 5.91 Å². The molecule has 1 amide bonds. The number of non-ortho nitro benzene ring substituents is 1. The molecule has 2 aromatic rings. The van der Waals surface area contributed by atoms with Gasteiger partial charge in [-0.1, -0.05) is 6.07 Å². The van der Waals surface area contributed by atoms with E-state index in [2.05, 4.69) is 10.0 Å². The fourth-order valence-corrected chi connectivity index (χ4v) is 4.04. The third-order valence-electron chi connectivity index (χ3n) is 3.36. The summed E-state index contributed by atoms with van der Waals surface area (Å²) < 4.78 is 27.7. The molecule has 0 unspecified atom stereocenters. The van der Waals surface area contributed by atoms with E-state index < -0.39 is 14.9 Å². The number of aryl methyl sites for hydroxylation is 2. The van der Waals surface area contributed by atoms with Gasteiger partial charge in [0, 0.05) is 24.7 Å². The van der Waals surface area contributed by atoms with Gasteiger partial charge >= 0.3 is 0 Å². The summed E-state index contributed by atoms with van der Waals surface area (Å²) in [7, 11) is -3.95. The van der Waals surface area contributed by atoms with Crippen molar-refractivity contribution in [1.29, 1.82) is 0 Å². The van der Waals surface area contributed by atoms with Gasteiger partial charge in [0.15, 0.2) is 0 Å². The van der Waals surface area contributed by atoms with Gasteiger partial charge in [0.1, 0.15) is 0 Å². The minimum Gasteiger partial charge on any atom is -0.326 e. The SMILES string of the molecule is CC(=O)Nc1cc(C)c(S(=O)(=O)Nc2cccc([N+](=O)[O-])c2)c(C)c1. The second kappa shape index (κ2) is 6.89. The first-order valence-electron chi connectivity index (χ1n) is 7.26. The Morgan fingerprint density at radius 2 is 1.68 bits per heavy atom. The number of anilines is 2. The average molecular weight is 363 g/mol. The summed E-state index contributed by atoms with van der Waals surface area (Å²) in [4.78, 5) is 21.4. The van der Waals surface area contributed by atoms with Crippen LogP contribution in [0.2, 0.25) is 0 Å². The summed E-state index contributed by atoms with van der Waals surface area (Å²) in [5, 5.41) is 13.4. The van der Waals surface area contributed by atoms with E-state index >= 15 is 0 Å². The molecule has 0 aliphatic rings. The fraction of sp³-hybridized carbons (Fsp3) is 0.188. The van der Waals surface area contributed by atoms with Crippen molar-refractivity contribution in [3.8, 4) is 0 Å². The number of amides is 1. The Balaban J connectivity index is 2.41. The average Bonchev–Trinajstić information content (AvgIpc) is 2.44. The van der Waals surface area contributed by atoms with Crippen LogP contribution in [-0.2, 0) is 14.8 Å². The molecule has 2 N–H and O–H groups in total. The quantitative estimate of drug-likeness (QED) is 0.625. The fourth-order valence-electron chi connectivity index (χ4n) is 2.54. The van der Waals surface area contributed by atoms with Gasteiger partial charge in [0.25, 0.3) is 15.7 Å². The standard InChI is InChI=1S/C16H17N3O5S/c1-10-7-14(17-12(3)20)8-11(2)16(10)25(23,24)18-13-5-4-6-15(9-13)19(21)22/h4-9,18H,1-3H3,(H,17,20). The number of nitro groups is 1. The maximum absolute atomic E-state index is 12.7. The first-order chi connectivity index (χ1) is 11.6. The number of rotatable bonds is 5. The van der Waals surface area contributed by atoms with E-state index in [9.17, 15) is 23.3 Å². The molecule has 9 heteroatoms. The van der Waals surface area contributed by atoms with Crippen molar-refractivity contribution in [2.24, 2.45) is 0 Å². The third-order valence-corrected chi connectivity index (χ3v) is 5.04. The van der Waals surface area contributed by atoms with E-state index in [1.54, 1.807) is 26.0 Å². The molecule has 0 fully saturated rings. The van der Waals surface area contributed by atoms with E-state index in [4.69, 9.17) is 0 Å². The monoisotopic (exact) mass is 363 g/mol. The molecule has 0 bridgehead atoms. The van der Waals surface area contributed by atoms with Crippen LogP contribution in [0.15, 0.2) is 41.3 Å². The minimum absolute atomic E-state index is 0.0631. The van der Waals surface area contributed by atoms with Crippen LogP contribution in [-0.4, -0.2) is 19.2 Å². The number of carbonyl (C=O) groups excluding carboxylic acids is 1. The second-order valence-electron chi connectivity index (χ2n) is 5.53. The van der Waals surface area contributed by atoms with Gasteiger partial charge in [-0.3, -0.25) is 19.6 Å². The number of nitrogens with zero attached hydrogens (tertiary/aromatic N) is 1. The lowest BCUT2D eigenvalue weighted by molar-refractivity contribution is -0.384. The summed E-state index contributed by atoms with van der Waals surface area (Å²) in [5.74, 6) is -0.260. The molecule has 132 valence electrons. The van der Waals surface area contributed by atoms with Gasteiger partial charge < -0.3 is 5.32 Å². The smallest absolute Gasteiger partial charge is 0.271 e.